The molecule has 1 saturated heterocycles. The zero-order valence-electron chi connectivity index (χ0n) is 13.1. The molecule has 0 saturated carbocycles. The summed E-state index contributed by atoms with van der Waals surface area (Å²) in [6.45, 7) is 1.94. The summed E-state index contributed by atoms with van der Waals surface area (Å²) in [6.07, 6.45) is 3.75. The van der Waals surface area contributed by atoms with Gasteiger partial charge in [0.15, 0.2) is 0 Å². The number of aryl methyl sites for hydroxylation is 1. The lowest BCUT2D eigenvalue weighted by molar-refractivity contribution is 0.0626. The molecule has 23 heavy (non-hydrogen) atoms. The fraction of sp³-hybridized carbons (Fsp3) is 0.412. The summed E-state index contributed by atoms with van der Waals surface area (Å²) < 4.78 is 20.2. The van der Waals surface area contributed by atoms with Gasteiger partial charge in [0.2, 0.25) is 0 Å². The van der Waals surface area contributed by atoms with Crippen molar-refractivity contribution in [2.45, 2.75) is 12.8 Å². The van der Waals surface area contributed by atoms with E-state index in [0.717, 1.165) is 19.4 Å². The number of likely N-dealkylation sites (tertiary alicyclic amines) is 1. The molecule has 0 aliphatic carbocycles. The van der Waals surface area contributed by atoms with Gasteiger partial charge in [0.05, 0.1) is 6.61 Å². The number of hydrogen-bond acceptors (Lipinski definition) is 3. The Hall–Kier alpha value is -2.37. The van der Waals surface area contributed by atoms with Gasteiger partial charge in [-0.1, -0.05) is 0 Å². The average Bonchev–Trinajstić information content (AvgIpc) is 3.00. The number of nitrogens with zero attached hydrogens (tertiary/aromatic N) is 3. The number of carbonyl (C=O) groups excluding carboxylic acids is 1. The number of piperidine rings is 1. The molecule has 0 bridgehead atoms. The third-order valence-corrected chi connectivity index (χ3v) is 4.04. The quantitative estimate of drug-likeness (QED) is 0.870. The molecule has 6 heteroatoms. The largest absolute Gasteiger partial charge is 0.493 e. The highest BCUT2D eigenvalue weighted by Crippen LogP contribution is 2.20. The van der Waals surface area contributed by atoms with Crippen LogP contribution < -0.4 is 4.74 Å². The number of hydrogen-bond donors (Lipinski definition) is 0. The molecule has 5 nitrogen and oxygen atoms in total. The molecule has 1 aromatic carbocycles. The van der Waals surface area contributed by atoms with E-state index in [-0.39, 0.29) is 17.6 Å². The predicted octanol–water partition coefficient (Wildman–Crippen LogP) is 2.49. The highest BCUT2D eigenvalue weighted by atomic mass is 19.1. The molecule has 3 rings (SSSR count). The van der Waals surface area contributed by atoms with Crippen LogP contribution in [-0.2, 0) is 7.05 Å². The Morgan fingerprint density at radius 1 is 1.35 bits per heavy atom. The lowest BCUT2D eigenvalue weighted by atomic mass is 9.98. The van der Waals surface area contributed by atoms with Gasteiger partial charge >= 0.3 is 0 Å². The second-order valence-electron chi connectivity index (χ2n) is 5.90. The van der Waals surface area contributed by atoms with E-state index in [4.69, 9.17) is 4.74 Å². The van der Waals surface area contributed by atoms with Crippen LogP contribution >= 0.6 is 0 Å². The van der Waals surface area contributed by atoms with Crippen molar-refractivity contribution in [1.82, 2.24) is 14.7 Å². The summed E-state index contributed by atoms with van der Waals surface area (Å²) in [5, 5.41) is 4.17. The van der Waals surface area contributed by atoms with E-state index in [1.165, 1.54) is 12.1 Å². The number of ether oxygens (including phenoxy) is 1. The minimum absolute atomic E-state index is 0.0305. The molecule has 2 heterocycles. The van der Waals surface area contributed by atoms with E-state index in [0.29, 0.717) is 24.6 Å². The van der Waals surface area contributed by atoms with Crippen LogP contribution in [-0.4, -0.2) is 40.3 Å². The highest BCUT2D eigenvalue weighted by molar-refractivity contribution is 5.92. The number of halogens is 1. The summed E-state index contributed by atoms with van der Waals surface area (Å²) in [5.41, 5.74) is 0.479. The lowest BCUT2D eigenvalue weighted by Gasteiger charge is -2.32. The molecule has 2 aromatic rings. The van der Waals surface area contributed by atoms with E-state index >= 15 is 0 Å². The predicted molar refractivity (Wildman–Crippen MR) is 83.7 cm³/mol. The first-order chi connectivity index (χ1) is 11.1. The normalized spacial score (nSPS) is 18.0. The van der Waals surface area contributed by atoms with Gasteiger partial charge in [-0.05, 0) is 43.2 Å². The summed E-state index contributed by atoms with van der Waals surface area (Å²) in [6, 6.07) is 7.74. The molecule has 1 amide bonds. The molecule has 0 radical (unpaired) electrons. The van der Waals surface area contributed by atoms with Gasteiger partial charge in [-0.15, -0.1) is 0 Å². The lowest BCUT2D eigenvalue weighted by Crippen LogP contribution is -2.41. The molecule has 1 atom stereocenters. The maximum absolute atomic E-state index is 12.9. The fourth-order valence-electron chi connectivity index (χ4n) is 2.82. The molecular formula is C17H20FN3O2. The third-order valence-electron chi connectivity index (χ3n) is 4.04. The summed E-state index contributed by atoms with van der Waals surface area (Å²) in [5.74, 6) is 0.625. The Morgan fingerprint density at radius 2 is 2.13 bits per heavy atom. The fourth-order valence-corrected chi connectivity index (χ4v) is 2.82. The Kier molecular flexibility index (Phi) is 4.60. The van der Waals surface area contributed by atoms with Crippen molar-refractivity contribution in [1.29, 1.82) is 0 Å². The van der Waals surface area contributed by atoms with Gasteiger partial charge in [-0.2, -0.15) is 5.10 Å². The first-order valence-corrected chi connectivity index (χ1v) is 7.79. The zero-order chi connectivity index (χ0) is 16.2. The van der Waals surface area contributed by atoms with Crippen molar-refractivity contribution in [2.24, 2.45) is 13.0 Å². The number of carbonyl (C=O) groups is 1. The topological polar surface area (TPSA) is 47.4 Å². The van der Waals surface area contributed by atoms with Crippen molar-refractivity contribution >= 4 is 5.91 Å². The van der Waals surface area contributed by atoms with Gasteiger partial charge in [0.25, 0.3) is 5.91 Å². The number of amides is 1. The Bertz CT molecular complexity index is 669. The van der Waals surface area contributed by atoms with Gasteiger partial charge in [-0.25, -0.2) is 4.39 Å². The van der Waals surface area contributed by atoms with Crippen LogP contribution in [0.5, 0.6) is 5.75 Å². The van der Waals surface area contributed by atoms with Gasteiger partial charge in [0.1, 0.15) is 17.3 Å². The van der Waals surface area contributed by atoms with E-state index in [1.807, 2.05) is 4.90 Å². The van der Waals surface area contributed by atoms with Crippen LogP contribution in [0.15, 0.2) is 36.5 Å². The molecule has 0 N–H and O–H groups in total. The maximum Gasteiger partial charge on any atom is 0.274 e. The van der Waals surface area contributed by atoms with Gasteiger partial charge in [-0.3, -0.25) is 9.48 Å². The van der Waals surface area contributed by atoms with E-state index < -0.39 is 0 Å². The Balaban J connectivity index is 1.55. The highest BCUT2D eigenvalue weighted by Gasteiger charge is 2.26. The van der Waals surface area contributed by atoms with Crippen molar-refractivity contribution < 1.29 is 13.9 Å². The average molecular weight is 317 g/mol. The van der Waals surface area contributed by atoms with E-state index in [9.17, 15) is 9.18 Å². The molecule has 1 aromatic heterocycles. The van der Waals surface area contributed by atoms with Gasteiger partial charge < -0.3 is 9.64 Å². The third kappa shape index (κ3) is 3.88. The van der Waals surface area contributed by atoms with Crippen LogP contribution in [0.1, 0.15) is 23.3 Å². The van der Waals surface area contributed by atoms with Crippen molar-refractivity contribution in [3.8, 4) is 5.75 Å². The first-order valence-electron chi connectivity index (χ1n) is 7.79. The molecule has 0 spiro atoms. The van der Waals surface area contributed by atoms with Crippen molar-refractivity contribution in [3.05, 3.63) is 48.0 Å². The number of rotatable bonds is 4. The van der Waals surface area contributed by atoms with Crippen LogP contribution in [0.25, 0.3) is 0 Å². The number of benzene rings is 1. The molecule has 122 valence electrons. The summed E-state index contributed by atoms with van der Waals surface area (Å²) in [7, 11) is 1.80. The summed E-state index contributed by atoms with van der Waals surface area (Å²) in [4.78, 5) is 14.3. The molecule has 1 aliphatic heterocycles. The second-order valence-corrected chi connectivity index (χ2v) is 5.90. The Labute approximate surface area is 134 Å². The van der Waals surface area contributed by atoms with Crippen molar-refractivity contribution in [2.75, 3.05) is 19.7 Å². The number of aromatic nitrogens is 2. The standard InChI is InChI=1S/C17H20FN3O2/c1-20-10-8-16(19-20)17(22)21-9-2-3-13(11-21)12-23-15-6-4-14(18)5-7-15/h4-8,10,13H,2-3,9,11-12H2,1H3/t13-/m1/s1. The van der Waals surface area contributed by atoms with E-state index in [2.05, 4.69) is 5.10 Å². The van der Waals surface area contributed by atoms with Crippen LogP contribution in [0.4, 0.5) is 4.39 Å². The van der Waals surface area contributed by atoms with Gasteiger partial charge in [0, 0.05) is 32.3 Å². The van der Waals surface area contributed by atoms with Crippen molar-refractivity contribution in [3.63, 3.8) is 0 Å². The van der Waals surface area contributed by atoms with Crippen LogP contribution in [0, 0.1) is 11.7 Å². The molecule has 1 fully saturated rings. The molecule has 1 aliphatic rings. The smallest absolute Gasteiger partial charge is 0.274 e. The molecule has 0 unspecified atom stereocenters. The zero-order valence-corrected chi connectivity index (χ0v) is 13.1. The SMILES string of the molecule is Cn1ccc(C(=O)N2CCC[C@@H](COc3ccc(F)cc3)C2)n1. The Morgan fingerprint density at radius 3 is 2.83 bits per heavy atom. The first kappa shape index (κ1) is 15.5. The second kappa shape index (κ2) is 6.81. The maximum atomic E-state index is 12.9. The monoisotopic (exact) mass is 317 g/mol. The minimum Gasteiger partial charge on any atom is -0.493 e. The van der Waals surface area contributed by atoms with Crippen LogP contribution in [0.3, 0.4) is 0 Å². The van der Waals surface area contributed by atoms with E-state index in [1.54, 1.807) is 36.1 Å². The molecular weight excluding hydrogens is 297 g/mol. The summed E-state index contributed by atoms with van der Waals surface area (Å²) >= 11 is 0. The minimum atomic E-state index is -0.276. The van der Waals surface area contributed by atoms with Crippen LogP contribution in [0.2, 0.25) is 0 Å².